The Morgan fingerprint density at radius 2 is 1.57 bits per heavy atom. The van der Waals surface area contributed by atoms with E-state index in [-0.39, 0.29) is 5.91 Å². The van der Waals surface area contributed by atoms with E-state index in [4.69, 9.17) is 4.74 Å². The van der Waals surface area contributed by atoms with Gasteiger partial charge in [-0.25, -0.2) is 4.79 Å². The van der Waals surface area contributed by atoms with Gasteiger partial charge in [0.1, 0.15) is 5.75 Å². The lowest BCUT2D eigenvalue weighted by atomic mass is 9.96. The zero-order valence-electron chi connectivity index (χ0n) is 11.0. The number of aliphatic carboxylic acids is 1. The molecule has 0 unspecified atom stereocenters. The number of benzene rings is 2. The van der Waals surface area contributed by atoms with Crippen LogP contribution in [0.25, 0.3) is 0 Å². The highest BCUT2D eigenvalue weighted by atomic mass is 16.5. The van der Waals surface area contributed by atoms with E-state index in [0.717, 1.165) is 0 Å². The second kappa shape index (κ2) is 5.28. The van der Waals surface area contributed by atoms with Crippen molar-refractivity contribution in [2.75, 3.05) is 4.90 Å². The van der Waals surface area contributed by atoms with E-state index in [1.807, 2.05) is 12.1 Å². The monoisotopic (exact) mass is 283 g/mol. The minimum absolute atomic E-state index is 0.350. The largest absolute Gasteiger partial charge is 0.480 e. The zero-order valence-corrected chi connectivity index (χ0v) is 11.0. The van der Waals surface area contributed by atoms with Crippen molar-refractivity contribution in [3.63, 3.8) is 0 Å². The van der Waals surface area contributed by atoms with Crippen molar-refractivity contribution in [3.8, 4) is 5.75 Å². The first kappa shape index (κ1) is 13.2. The minimum Gasteiger partial charge on any atom is -0.480 e. The van der Waals surface area contributed by atoms with Crippen LogP contribution in [0.5, 0.6) is 5.75 Å². The van der Waals surface area contributed by atoms with Crippen molar-refractivity contribution in [2.45, 2.75) is 12.1 Å². The maximum atomic E-state index is 12.2. The standard InChI is InChI=1S/C16H13NO4/c18-15-14(21-12-9-5-2-6-10-12)13(16(19)20)17(15)11-7-3-1-4-8-11/h1-10,13-14H,(H,19,20)/t13-,14+/m0/s1. The normalized spacial score (nSPS) is 20.8. The predicted octanol–water partition coefficient (Wildman–Crippen LogP) is 1.93. The van der Waals surface area contributed by atoms with Gasteiger partial charge >= 0.3 is 5.97 Å². The number of carboxylic acid groups (broad SMARTS) is 1. The molecule has 0 saturated carbocycles. The number of anilines is 1. The fourth-order valence-electron chi connectivity index (χ4n) is 2.34. The molecule has 1 aliphatic heterocycles. The third-order valence-electron chi connectivity index (χ3n) is 3.34. The molecule has 1 amide bonds. The molecular formula is C16H13NO4. The smallest absolute Gasteiger partial charge is 0.331 e. The van der Waals surface area contributed by atoms with Gasteiger partial charge in [-0.15, -0.1) is 0 Å². The summed E-state index contributed by atoms with van der Waals surface area (Å²) in [5, 5.41) is 9.36. The Morgan fingerprint density at radius 3 is 2.14 bits per heavy atom. The van der Waals surface area contributed by atoms with Crippen LogP contribution in [0.3, 0.4) is 0 Å². The van der Waals surface area contributed by atoms with Gasteiger partial charge in [0.25, 0.3) is 5.91 Å². The molecule has 1 aliphatic rings. The number of ether oxygens (including phenoxy) is 1. The van der Waals surface area contributed by atoms with E-state index in [2.05, 4.69) is 0 Å². The summed E-state index contributed by atoms with van der Waals surface area (Å²) in [5.74, 6) is -0.952. The zero-order chi connectivity index (χ0) is 14.8. The van der Waals surface area contributed by atoms with Crippen molar-refractivity contribution in [2.24, 2.45) is 0 Å². The van der Waals surface area contributed by atoms with E-state index < -0.39 is 18.1 Å². The maximum absolute atomic E-state index is 12.2. The summed E-state index contributed by atoms with van der Waals surface area (Å²) in [6, 6.07) is 16.4. The molecule has 0 aliphatic carbocycles. The average molecular weight is 283 g/mol. The number of hydrogen-bond donors (Lipinski definition) is 1. The van der Waals surface area contributed by atoms with Crippen molar-refractivity contribution in [3.05, 3.63) is 60.7 Å². The van der Waals surface area contributed by atoms with E-state index in [0.29, 0.717) is 11.4 Å². The highest BCUT2D eigenvalue weighted by Crippen LogP contribution is 2.31. The summed E-state index contributed by atoms with van der Waals surface area (Å²) in [6.07, 6.45) is -0.995. The van der Waals surface area contributed by atoms with E-state index in [1.54, 1.807) is 48.5 Å². The van der Waals surface area contributed by atoms with E-state index in [9.17, 15) is 14.7 Å². The number of para-hydroxylation sites is 2. The molecular weight excluding hydrogens is 270 g/mol. The second-order valence-electron chi connectivity index (χ2n) is 4.68. The highest BCUT2D eigenvalue weighted by Gasteiger charge is 2.54. The molecule has 5 heteroatoms. The quantitative estimate of drug-likeness (QED) is 0.871. The highest BCUT2D eigenvalue weighted by molar-refractivity contribution is 6.12. The summed E-state index contributed by atoms with van der Waals surface area (Å²) in [7, 11) is 0. The van der Waals surface area contributed by atoms with Gasteiger partial charge in [-0.05, 0) is 24.3 Å². The summed E-state index contributed by atoms with van der Waals surface area (Å²) >= 11 is 0. The molecule has 1 fully saturated rings. The van der Waals surface area contributed by atoms with Crippen molar-refractivity contribution in [1.82, 2.24) is 0 Å². The number of carbonyl (C=O) groups excluding carboxylic acids is 1. The Kier molecular flexibility index (Phi) is 3.31. The van der Waals surface area contributed by atoms with Gasteiger partial charge in [0.15, 0.2) is 6.04 Å². The summed E-state index contributed by atoms with van der Waals surface area (Å²) in [4.78, 5) is 24.9. The second-order valence-corrected chi connectivity index (χ2v) is 4.68. The van der Waals surface area contributed by atoms with Crippen LogP contribution in [0.2, 0.25) is 0 Å². The summed E-state index contributed by atoms with van der Waals surface area (Å²) < 4.78 is 5.52. The molecule has 5 nitrogen and oxygen atoms in total. The number of β-lactam (4-membered cyclic amide) rings is 1. The number of carbonyl (C=O) groups is 2. The molecule has 2 aromatic carbocycles. The Bertz CT molecular complexity index is 656. The van der Waals surface area contributed by atoms with Crippen molar-refractivity contribution >= 4 is 17.6 Å². The predicted molar refractivity (Wildman–Crippen MR) is 76.2 cm³/mol. The molecule has 0 bridgehead atoms. The van der Waals surface area contributed by atoms with Gasteiger partial charge in [0.2, 0.25) is 6.10 Å². The first-order valence-corrected chi connectivity index (χ1v) is 6.51. The van der Waals surface area contributed by atoms with Gasteiger partial charge in [-0.2, -0.15) is 0 Å². The molecule has 106 valence electrons. The summed E-state index contributed by atoms with van der Waals surface area (Å²) in [6.45, 7) is 0. The number of rotatable bonds is 4. The van der Waals surface area contributed by atoms with Crippen molar-refractivity contribution in [1.29, 1.82) is 0 Å². The molecule has 3 rings (SSSR count). The van der Waals surface area contributed by atoms with Gasteiger partial charge in [0.05, 0.1) is 0 Å². The molecule has 1 saturated heterocycles. The molecule has 2 atom stereocenters. The van der Waals surface area contributed by atoms with Crippen LogP contribution in [0.15, 0.2) is 60.7 Å². The number of hydrogen-bond acceptors (Lipinski definition) is 3. The number of carboxylic acids is 1. The van der Waals surface area contributed by atoms with Crippen LogP contribution >= 0.6 is 0 Å². The first-order valence-electron chi connectivity index (χ1n) is 6.51. The van der Waals surface area contributed by atoms with Crippen LogP contribution in [-0.4, -0.2) is 29.1 Å². The third kappa shape index (κ3) is 2.33. The maximum Gasteiger partial charge on any atom is 0.331 e. The van der Waals surface area contributed by atoms with Gasteiger partial charge in [-0.1, -0.05) is 36.4 Å². The lowest BCUT2D eigenvalue weighted by Gasteiger charge is -2.43. The van der Waals surface area contributed by atoms with Crippen LogP contribution in [0.4, 0.5) is 5.69 Å². The fourth-order valence-corrected chi connectivity index (χ4v) is 2.34. The van der Waals surface area contributed by atoms with Crippen LogP contribution in [0, 0.1) is 0 Å². The van der Waals surface area contributed by atoms with Crippen LogP contribution < -0.4 is 9.64 Å². The molecule has 0 aromatic heterocycles. The molecule has 0 spiro atoms. The molecule has 2 aromatic rings. The topological polar surface area (TPSA) is 66.8 Å². The lowest BCUT2D eigenvalue weighted by Crippen LogP contribution is -2.70. The minimum atomic E-state index is -1.08. The Hall–Kier alpha value is -2.82. The van der Waals surface area contributed by atoms with Crippen LogP contribution in [0.1, 0.15) is 0 Å². The number of nitrogens with zero attached hydrogens (tertiary/aromatic N) is 1. The fraction of sp³-hybridized carbons (Fsp3) is 0.125. The molecule has 1 N–H and O–H groups in total. The molecule has 0 radical (unpaired) electrons. The molecule has 1 heterocycles. The SMILES string of the molecule is O=C(O)[C@@H]1[C@@H](Oc2ccccc2)C(=O)N1c1ccccc1. The van der Waals surface area contributed by atoms with E-state index in [1.165, 1.54) is 4.90 Å². The third-order valence-corrected chi connectivity index (χ3v) is 3.34. The Balaban J connectivity index is 1.84. The Labute approximate surface area is 121 Å². The Morgan fingerprint density at radius 1 is 1.00 bits per heavy atom. The molecule has 21 heavy (non-hydrogen) atoms. The average Bonchev–Trinajstić information content (AvgIpc) is 2.51. The van der Waals surface area contributed by atoms with E-state index >= 15 is 0 Å². The summed E-state index contributed by atoms with van der Waals surface area (Å²) in [5.41, 5.74) is 0.558. The van der Waals surface area contributed by atoms with Crippen molar-refractivity contribution < 1.29 is 19.4 Å². The van der Waals surface area contributed by atoms with Gasteiger partial charge in [0, 0.05) is 5.69 Å². The van der Waals surface area contributed by atoms with Gasteiger partial charge in [-0.3, -0.25) is 9.69 Å². The van der Waals surface area contributed by atoms with Gasteiger partial charge < -0.3 is 9.84 Å². The van der Waals surface area contributed by atoms with Crippen LogP contribution in [-0.2, 0) is 9.59 Å². The number of amides is 1. The lowest BCUT2D eigenvalue weighted by molar-refractivity contribution is -0.152. The first-order chi connectivity index (χ1) is 10.2.